The molecule has 1 aromatic carbocycles. The summed E-state index contributed by atoms with van der Waals surface area (Å²) >= 11 is 5.97. The van der Waals surface area contributed by atoms with E-state index in [1.54, 1.807) is 6.33 Å². The van der Waals surface area contributed by atoms with E-state index in [1.165, 1.54) is 0 Å². The third-order valence-electron chi connectivity index (χ3n) is 3.64. The average Bonchev–Trinajstić information content (AvgIpc) is 2.42. The van der Waals surface area contributed by atoms with Gasteiger partial charge in [0.1, 0.15) is 12.1 Å². The Morgan fingerprint density at radius 1 is 1.25 bits per heavy atom. The van der Waals surface area contributed by atoms with Crippen LogP contribution < -0.4 is 11.1 Å². The molecule has 0 amide bonds. The van der Waals surface area contributed by atoms with Crippen molar-refractivity contribution in [1.82, 2.24) is 9.97 Å². The first kappa shape index (κ1) is 13.3. The minimum atomic E-state index is 0.331. The largest absolute Gasteiger partial charge is 0.366 e. The molecule has 0 aliphatic heterocycles. The highest BCUT2D eigenvalue weighted by Gasteiger charge is 2.28. The van der Waals surface area contributed by atoms with Crippen LogP contribution in [0.15, 0.2) is 36.7 Å². The molecule has 0 bridgehead atoms. The molecule has 2 aromatic rings. The Balaban J connectivity index is 1.64. The van der Waals surface area contributed by atoms with Gasteiger partial charge < -0.3 is 11.1 Å². The summed E-state index contributed by atoms with van der Waals surface area (Å²) in [4.78, 5) is 8.59. The van der Waals surface area contributed by atoms with Crippen LogP contribution in [-0.4, -0.2) is 16.0 Å². The van der Waals surface area contributed by atoms with Crippen molar-refractivity contribution in [1.29, 1.82) is 0 Å². The Hall–Kier alpha value is -1.65. The van der Waals surface area contributed by atoms with E-state index in [1.807, 2.05) is 30.3 Å². The van der Waals surface area contributed by atoms with E-state index in [0.717, 1.165) is 34.9 Å². The first-order valence-electron chi connectivity index (χ1n) is 6.76. The van der Waals surface area contributed by atoms with Crippen molar-refractivity contribution in [2.75, 3.05) is 5.32 Å². The van der Waals surface area contributed by atoms with Gasteiger partial charge in [0, 0.05) is 35.3 Å². The third-order valence-corrected chi connectivity index (χ3v) is 3.88. The molecule has 20 heavy (non-hydrogen) atoms. The summed E-state index contributed by atoms with van der Waals surface area (Å²) in [5.41, 5.74) is 8.03. The van der Waals surface area contributed by atoms with Crippen LogP contribution in [0.1, 0.15) is 30.0 Å². The van der Waals surface area contributed by atoms with Crippen molar-refractivity contribution in [2.24, 2.45) is 5.73 Å². The Labute approximate surface area is 123 Å². The van der Waals surface area contributed by atoms with E-state index < -0.39 is 0 Å². The number of halogens is 1. The lowest BCUT2D eigenvalue weighted by molar-refractivity contribution is 0.345. The van der Waals surface area contributed by atoms with Gasteiger partial charge >= 0.3 is 0 Å². The molecule has 1 aromatic heterocycles. The number of aromatic nitrogens is 2. The van der Waals surface area contributed by atoms with Crippen molar-refractivity contribution in [3.05, 3.63) is 52.9 Å². The Kier molecular flexibility index (Phi) is 3.85. The Morgan fingerprint density at radius 2 is 2.10 bits per heavy atom. The molecule has 0 radical (unpaired) electrons. The molecule has 1 saturated carbocycles. The standard InChI is InChI=1S/C15H17ClN4/c16-12-3-1-2-10(4-12)8-18-15-7-14(19-9-20-15)11-5-13(17)6-11/h1-4,7,9,11,13H,5-6,8,17H2,(H,18,19,20). The number of nitrogens with two attached hydrogens (primary N) is 1. The van der Waals surface area contributed by atoms with Gasteiger partial charge in [0.2, 0.25) is 0 Å². The summed E-state index contributed by atoms with van der Waals surface area (Å²) in [6.07, 6.45) is 3.65. The first-order valence-corrected chi connectivity index (χ1v) is 7.14. The maximum Gasteiger partial charge on any atom is 0.129 e. The van der Waals surface area contributed by atoms with Crippen molar-refractivity contribution in [2.45, 2.75) is 31.3 Å². The highest BCUT2D eigenvalue weighted by Crippen LogP contribution is 2.34. The molecule has 0 spiro atoms. The van der Waals surface area contributed by atoms with Gasteiger partial charge in [0.25, 0.3) is 0 Å². The van der Waals surface area contributed by atoms with Gasteiger partial charge in [-0.1, -0.05) is 23.7 Å². The van der Waals surface area contributed by atoms with Crippen LogP contribution in [0.2, 0.25) is 5.02 Å². The lowest BCUT2D eigenvalue weighted by atomic mass is 9.79. The summed E-state index contributed by atoms with van der Waals surface area (Å²) in [5.74, 6) is 1.33. The molecule has 1 fully saturated rings. The predicted molar refractivity (Wildman–Crippen MR) is 80.8 cm³/mol. The van der Waals surface area contributed by atoms with Gasteiger partial charge in [-0.2, -0.15) is 0 Å². The van der Waals surface area contributed by atoms with Gasteiger partial charge in [-0.05, 0) is 30.5 Å². The molecule has 3 N–H and O–H groups in total. The predicted octanol–water partition coefficient (Wildman–Crippen LogP) is 2.95. The maximum absolute atomic E-state index is 5.97. The van der Waals surface area contributed by atoms with E-state index in [9.17, 15) is 0 Å². The number of nitrogens with zero attached hydrogens (tertiary/aromatic N) is 2. The summed E-state index contributed by atoms with van der Waals surface area (Å²) in [5, 5.41) is 4.05. The number of anilines is 1. The van der Waals surface area contributed by atoms with E-state index >= 15 is 0 Å². The highest BCUT2D eigenvalue weighted by atomic mass is 35.5. The van der Waals surface area contributed by atoms with Crippen LogP contribution in [-0.2, 0) is 6.54 Å². The molecule has 4 nitrogen and oxygen atoms in total. The lowest BCUT2D eigenvalue weighted by Crippen LogP contribution is -2.35. The SMILES string of the molecule is NC1CC(c2cc(NCc3cccc(Cl)c3)ncn2)C1. The molecule has 3 rings (SSSR count). The minimum absolute atomic E-state index is 0.331. The summed E-state index contributed by atoms with van der Waals surface area (Å²) in [6, 6.07) is 10.1. The fourth-order valence-electron chi connectivity index (χ4n) is 2.44. The smallest absolute Gasteiger partial charge is 0.129 e. The summed E-state index contributed by atoms with van der Waals surface area (Å²) < 4.78 is 0. The summed E-state index contributed by atoms with van der Waals surface area (Å²) in [6.45, 7) is 0.696. The zero-order valence-corrected chi connectivity index (χ0v) is 11.8. The second kappa shape index (κ2) is 5.77. The number of rotatable bonds is 4. The van der Waals surface area contributed by atoms with E-state index in [4.69, 9.17) is 17.3 Å². The van der Waals surface area contributed by atoms with Gasteiger partial charge in [0.15, 0.2) is 0 Å². The number of benzene rings is 1. The normalized spacial score (nSPS) is 21.3. The van der Waals surface area contributed by atoms with Crippen LogP contribution in [0.25, 0.3) is 0 Å². The van der Waals surface area contributed by atoms with Gasteiger partial charge in [-0.3, -0.25) is 0 Å². The van der Waals surface area contributed by atoms with E-state index in [2.05, 4.69) is 15.3 Å². The number of hydrogen-bond acceptors (Lipinski definition) is 4. The Morgan fingerprint density at radius 3 is 2.85 bits per heavy atom. The van der Waals surface area contributed by atoms with E-state index in [0.29, 0.717) is 18.5 Å². The maximum atomic E-state index is 5.97. The van der Waals surface area contributed by atoms with Crippen molar-refractivity contribution < 1.29 is 0 Å². The monoisotopic (exact) mass is 288 g/mol. The van der Waals surface area contributed by atoms with Crippen LogP contribution in [0.5, 0.6) is 0 Å². The minimum Gasteiger partial charge on any atom is -0.366 e. The zero-order valence-electron chi connectivity index (χ0n) is 11.1. The molecule has 0 saturated heterocycles. The second-order valence-electron chi connectivity index (χ2n) is 5.24. The number of nitrogens with one attached hydrogen (secondary N) is 1. The molecule has 1 aliphatic carbocycles. The van der Waals surface area contributed by atoms with Crippen LogP contribution >= 0.6 is 11.6 Å². The second-order valence-corrected chi connectivity index (χ2v) is 5.68. The average molecular weight is 289 g/mol. The van der Waals surface area contributed by atoms with Gasteiger partial charge in [0.05, 0.1) is 0 Å². The van der Waals surface area contributed by atoms with Crippen molar-refractivity contribution in [3.8, 4) is 0 Å². The third kappa shape index (κ3) is 3.08. The lowest BCUT2D eigenvalue weighted by Gasteiger charge is -2.31. The van der Waals surface area contributed by atoms with Crippen LogP contribution in [0, 0.1) is 0 Å². The fourth-order valence-corrected chi connectivity index (χ4v) is 2.65. The molecule has 0 atom stereocenters. The van der Waals surface area contributed by atoms with E-state index in [-0.39, 0.29) is 0 Å². The van der Waals surface area contributed by atoms with Crippen molar-refractivity contribution in [3.63, 3.8) is 0 Å². The number of hydrogen-bond donors (Lipinski definition) is 2. The van der Waals surface area contributed by atoms with Gasteiger partial charge in [-0.25, -0.2) is 9.97 Å². The topological polar surface area (TPSA) is 63.8 Å². The molecule has 1 heterocycles. The quantitative estimate of drug-likeness (QED) is 0.908. The summed E-state index contributed by atoms with van der Waals surface area (Å²) in [7, 11) is 0. The fraction of sp³-hybridized carbons (Fsp3) is 0.333. The molecular weight excluding hydrogens is 272 g/mol. The highest BCUT2D eigenvalue weighted by molar-refractivity contribution is 6.30. The first-order chi connectivity index (χ1) is 9.70. The van der Waals surface area contributed by atoms with Crippen LogP contribution in [0.4, 0.5) is 5.82 Å². The molecular formula is C15H17ClN4. The molecule has 1 aliphatic rings. The van der Waals surface area contributed by atoms with Crippen LogP contribution in [0.3, 0.4) is 0 Å². The molecule has 5 heteroatoms. The molecule has 104 valence electrons. The zero-order chi connectivity index (χ0) is 13.9. The van der Waals surface area contributed by atoms with Crippen molar-refractivity contribution >= 4 is 17.4 Å². The Bertz CT molecular complexity index is 596. The molecule has 0 unspecified atom stereocenters. The van der Waals surface area contributed by atoms with Gasteiger partial charge in [-0.15, -0.1) is 0 Å².